The molecule has 9 heteroatoms. The van der Waals surface area contributed by atoms with Crippen LogP contribution in [0.2, 0.25) is 0 Å². The molecule has 0 bridgehead atoms. The first-order valence-electron chi connectivity index (χ1n) is 8.86. The lowest BCUT2D eigenvalue weighted by atomic mass is 9.96. The summed E-state index contributed by atoms with van der Waals surface area (Å²) in [7, 11) is -1.24. The molecule has 3 heterocycles. The molecule has 1 aliphatic rings. The van der Waals surface area contributed by atoms with Crippen LogP contribution in [0.1, 0.15) is 12.5 Å². The van der Waals surface area contributed by atoms with Gasteiger partial charge in [0, 0.05) is 57.0 Å². The average Bonchev–Trinajstić information content (AvgIpc) is 3.17. The second-order valence-corrected chi connectivity index (χ2v) is 9.25. The van der Waals surface area contributed by atoms with E-state index in [1.807, 2.05) is 6.20 Å². The predicted molar refractivity (Wildman–Crippen MR) is 98.6 cm³/mol. The second-order valence-electron chi connectivity index (χ2n) is 7.26. The zero-order chi connectivity index (χ0) is 18.9. The molecule has 0 amide bonds. The number of aliphatic hydroxyl groups excluding tert-OH is 1. The van der Waals surface area contributed by atoms with Crippen molar-refractivity contribution in [1.29, 1.82) is 0 Å². The maximum Gasteiger partial charge on any atom is 0.180 e. The minimum absolute atomic E-state index is 0.147. The molecule has 2 aromatic heterocycles. The second kappa shape index (κ2) is 7.59. The van der Waals surface area contributed by atoms with Gasteiger partial charge in [0.25, 0.3) is 0 Å². The predicted octanol–water partition coefficient (Wildman–Crippen LogP) is 0.125. The van der Waals surface area contributed by atoms with Gasteiger partial charge in [-0.3, -0.25) is 4.90 Å². The Morgan fingerprint density at radius 2 is 2.04 bits per heavy atom. The first-order valence-corrected chi connectivity index (χ1v) is 10.7. The number of sulfone groups is 1. The van der Waals surface area contributed by atoms with Gasteiger partial charge < -0.3 is 10.0 Å². The highest BCUT2D eigenvalue weighted by Crippen LogP contribution is 2.25. The minimum atomic E-state index is -3.34. The molecule has 0 aromatic carbocycles. The molecular formula is C17H27N5O3S. The summed E-state index contributed by atoms with van der Waals surface area (Å²) in [6, 6.07) is 0. The van der Waals surface area contributed by atoms with Crippen molar-refractivity contribution in [3.8, 4) is 0 Å². The molecule has 0 radical (unpaired) electrons. The SMILES string of the molecule is CCN(C)C[C@@H]1CN(Cc2cnc3c(S(C)(=O)=O)cnn3c2)C[C@@H]1CO. The van der Waals surface area contributed by atoms with Gasteiger partial charge in [0.05, 0.1) is 6.20 Å². The van der Waals surface area contributed by atoms with Crippen LogP contribution in [0.4, 0.5) is 0 Å². The summed E-state index contributed by atoms with van der Waals surface area (Å²) in [5.41, 5.74) is 1.33. The summed E-state index contributed by atoms with van der Waals surface area (Å²) in [5, 5.41) is 13.8. The highest BCUT2D eigenvalue weighted by atomic mass is 32.2. The lowest BCUT2D eigenvalue weighted by Gasteiger charge is -2.22. The molecule has 2 atom stereocenters. The molecule has 1 N–H and O–H groups in total. The number of hydrogen-bond acceptors (Lipinski definition) is 7. The van der Waals surface area contributed by atoms with Crippen molar-refractivity contribution in [3.63, 3.8) is 0 Å². The van der Waals surface area contributed by atoms with Crippen molar-refractivity contribution in [2.24, 2.45) is 11.8 Å². The normalized spacial score (nSPS) is 21.9. The molecule has 0 spiro atoms. The van der Waals surface area contributed by atoms with Gasteiger partial charge in [-0.25, -0.2) is 17.9 Å². The van der Waals surface area contributed by atoms with Crippen molar-refractivity contribution >= 4 is 15.5 Å². The molecule has 8 nitrogen and oxygen atoms in total. The standard InChI is InChI=1S/C17H27N5O3S/c1-4-20(2)9-14-10-21(11-15(14)12-23)7-13-5-18-17-16(26(3,24)25)6-19-22(17)8-13/h5-6,8,14-15,23H,4,7,9-12H2,1-3H3/t14-,15-/m1/s1. The van der Waals surface area contributed by atoms with Gasteiger partial charge in [-0.15, -0.1) is 0 Å². The third kappa shape index (κ3) is 4.06. The molecule has 26 heavy (non-hydrogen) atoms. The van der Waals surface area contributed by atoms with E-state index in [4.69, 9.17) is 0 Å². The van der Waals surface area contributed by atoms with Gasteiger partial charge in [-0.1, -0.05) is 6.92 Å². The first-order chi connectivity index (χ1) is 12.3. The zero-order valence-corrected chi connectivity index (χ0v) is 16.4. The van der Waals surface area contributed by atoms with E-state index in [0.717, 1.165) is 38.0 Å². The summed E-state index contributed by atoms with van der Waals surface area (Å²) >= 11 is 0. The summed E-state index contributed by atoms with van der Waals surface area (Å²) in [6.07, 6.45) is 6.05. The van der Waals surface area contributed by atoms with E-state index >= 15 is 0 Å². The first kappa shape index (κ1) is 19.2. The van der Waals surface area contributed by atoms with E-state index in [-0.39, 0.29) is 17.4 Å². The molecule has 0 saturated carbocycles. The van der Waals surface area contributed by atoms with E-state index in [1.165, 1.54) is 10.7 Å². The Hall–Kier alpha value is -1.55. The Morgan fingerprint density at radius 3 is 2.69 bits per heavy atom. The maximum absolute atomic E-state index is 11.8. The number of fused-ring (bicyclic) bond motifs is 1. The Morgan fingerprint density at radius 1 is 1.31 bits per heavy atom. The summed E-state index contributed by atoms with van der Waals surface area (Å²) < 4.78 is 25.0. The maximum atomic E-state index is 11.8. The van der Waals surface area contributed by atoms with Crippen LogP contribution in [0.25, 0.3) is 5.65 Å². The third-order valence-electron chi connectivity index (χ3n) is 5.16. The van der Waals surface area contributed by atoms with Crippen LogP contribution < -0.4 is 0 Å². The monoisotopic (exact) mass is 381 g/mol. The molecule has 1 saturated heterocycles. The van der Waals surface area contributed by atoms with E-state index in [9.17, 15) is 13.5 Å². The lowest BCUT2D eigenvalue weighted by molar-refractivity contribution is 0.177. The summed E-state index contributed by atoms with van der Waals surface area (Å²) in [5.74, 6) is 0.727. The van der Waals surface area contributed by atoms with Crippen LogP contribution in [-0.2, 0) is 16.4 Å². The van der Waals surface area contributed by atoms with Crippen LogP contribution >= 0.6 is 0 Å². The molecule has 0 unspecified atom stereocenters. The molecule has 1 aliphatic heterocycles. The van der Waals surface area contributed by atoms with Crippen LogP contribution in [0.5, 0.6) is 0 Å². The largest absolute Gasteiger partial charge is 0.396 e. The zero-order valence-electron chi connectivity index (χ0n) is 15.5. The van der Waals surface area contributed by atoms with Gasteiger partial charge >= 0.3 is 0 Å². The smallest absolute Gasteiger partial charge is 0.180 e. The van der Waals surface area contributed by atoms with Crippen LogP contribution in [0.3, 0.4) is 0 Å². The van der Waals surface area contributed by atoms with Crippen LogP contribution in [0, 0.1) is 11.8 Å². The van der Waals surface area contributed by atoms with Crippen molar-refractivity contribution in [1.82, 2.24) is 24.4 Å². The Labute approximate surface area is 154 Å². The van der Waals surface area contributed by atoms with Crippen molar-refractivity contribution in [3.05, 3.63) is 24.2 Å². The molecule has 2 aromatic rings. The van der Waals surface area contributed by atoms with E-state index < -0.39 is 9.84 Å². The molecule has 144 valence electrons. The quantitative estimate of drug-likeness (QED) is 0.729. The molecule has 1 fully saturated rings. The fourth-order valence-corrected chi connectivity index (χ4v) is 4.32. The van der Waals surface area contributed by atoms with Gasteiger partial charge in [0.2, 0.25) is 0 Å². The average molecular weight is 382 g/mol. The Kier molecular flexibility index (Phi) is 5.61. The molecule has 0 aliphatic carbocycles. The minimum Gasteiger partial charge on any atom is -0.396 e. The van der Waals surface area contributed by atoms with Gasteiger partial charge in [-0.2, -0.15) is 5.10 Å². The topological polar surface area (TPSA) is 91.0 Å². The number of aliphatic hydroxyl groups is 1. The number of likely N-dealkylation sites (tertiary alicyclic amines) is 1. The van der Waals surface area contributed by atoms with E-state index in [0.29, 0.717) is 18.1 Å². The third-order valence-corrected chi connectivity index (χ3v) is 6.24. The Balaban J connectivity index is 1.73. The number of rotatable bonds is 7. The summed E-state index contributed by atoms with van der Waals surface area (Å²) in [6.45, 7) is 6.80. The number of nitrogens with zero attached hydrogens (tertiary/aromatic N) is 5. The van der Waals surface area contributed by atoms with Crippen LogP contribution in [0.15, 0.2) is 23.5 Å². The van der Waals surface area contributed by atoms with Crippen molar-refractivity contribution in [2.45, 2.75) is 18.4 Å². The van der Waals surface area contributed by atoms with Crippen LogP contribution in [-0.4, -0.2) is 84.0 Å². The Bertz CT molecular complexity index is 866. The van der Waals surface area contributed by atoms with Crippen molar-refractivity contribution in [2.75, 3.05) is 46.1 Å². The van der Waals surface area contributed by atoms with E-state index in [1.54, 1.807) is 6.20 Å². The van der Waals surface area contributed by atoms with Crippen molar-refractivity contribution < 1.29 is 13.5 Å². The van der Waals surface area contributed by atoms with Gasteiger partial charge in [0.1, 0.15) is 4.90 Å². The summed E-state index contributed by atoms with van der Waals surface area (Å²) in [4.78, 5) is 9.05. The molecular weight excluding hydrogens is 354 g/mol. The van der Waals surface area contributed by atoms with Gasteiger partial charge in [0.15, 0.2) is 15.5 Å². The highest BCUT2D eigenvalue weighted by molar-refractivity contribution is 7.90. The number of hydrogen-bond donors (Lipinski definition) is 1. The number of aromatic nitrogens is 3. The lowest BCUT2D eigenvalue weighted by Crippen LogP contribution is -2.31. The van der Waals surface area contributed by atoms with Gasteiger partial charge in [-0.05, 0) is 25.4 Å². The fraction of sp³-hybridized carbons (Fsp3) is 0.647. The fourth-order valence-electron chi connectivity index (χ4n) is 3.60. The molecule has 3 rings (SSSR count). The highest BCUT2D eigenvalue weighted by Gasteiger charge is 2.32. The van der Waals surface area contributed by atoms with E-state index in [2.05, 4.69) is 33.9 Å².